The Balaban J connectivity index is 1.72. The Morgan fingerprint density at radius 2 is 1.89 bits per heavy atom. The van der Waals surface area contributed by atoms with Crippen LogP contribution >= 0.6 is 0 Å². The summed E-state index contributed by atoms with van der Waals surface area (Å²) in [6.07, 6.45) is 1.40. The number of benzene rings is 2. The highest BCUT2D eigenvalue weighted by Gasteiger charge is 2.60. The van der Waals surface area contributed by atoms with Gasteiger partial charge in [0.05, 0.1) is 0 Å². The molecule has 1 saturated heterocycles. The first-order valence-corrected chi connectivity index (χ1v) is 7.42. The highest BCUT2D eigenvalue weighted by atomic mass is 15.2. The number of nitrogens with zero attached hydrogens (tertiary/aromatic N) is 1. The lowest BCUT2D eigenvalue weighted by molar-refractivity contribution is 0.243. The Kier molecular flexibility index (Phi) is 2.32. The van der Waals surface area contributed by atoms with E-state index < -0.39 is 0 Å². The molecule has 0 radical (unpaired) electrons. The lowest BCUT2D eigenvalue weighted by Crippen LogP contribution is -2.32. The van der Waals surface area contributed by atoms with Gasteiger partial charge < -0.3 is 0 Å². The van der Waals surface area contributed by atoms with E-state index in [1.165, 1.54) is 30.3 Å². The molecule has 1 aliphatic heterocycles. The largest absolute Gasteiger partial charge is 0.300 e. The van der Waals surface area contributed by atoms with Crippen LogP contribution in [0.25, 0.3) is 10.8 Å². The van der Waals surface area contributed by atoms with Gasteiger partial charge in [0.25, 0.3) is 0 Å². The summed E-state index contributed by atoms with van der Waals surface area (Å²) < 4.78 is 0. The number of rotatable bonds is 2. The SMILES string of the molecule is CC(C)N1CC2C[C@]2(c2ccc3ccccc3c2)C1. The predicted molar refractivity (Wildman–Crippen MR) is 80.4 cm³/mol. The standard InChI is InChI=1S/C18H21N/c1-13(2)19-11-17-10-18(17,12-19)16-8-7-14-5-3-4-6-15(14)9-16/h3-9,13,17H,10-12H2,1-2H3/t17?,18-/m1/s1. The van der Waals surface area contributed by atoms with Crippen LogP contribution in [0, 0.1) is 5.92 Å². The zero-order chi connectivity index (χ0) is 13.0. The van der Waals surface area contributed by atoms with E-state index in [0.29, 0.717) is 11.5 Å². The number of hydrogen-bond donors (Lipinski definition) is 0. The normalized spacial score (nSPS) is 29.9. The van der Waals surface area contributed by atoms with Crippen molar-refractivity contribution in [1.29, 1.82) is 0 Å². The molecular weight excluding hydrogens is 230 g/mol. The molecule has 1 nitrogen and oxygen atoms in total. The van der Waals surface area contributed by atoms with Gasteiger partial charge in [-0.1, -0.05) is 42.5 Å². The molecule has 1 aliphatic carbocycles. The van der Waals surface area contributed by atoms with E-state index in [0.717, 1.165) is 5.92 Å². The summed E-state index contributed by atoms with van der Waals surface area (Å²) in [5, 5.41) is 2.75. The Morgan fingerprint density at radius 1 is 1.11 bits per heavy atom. The molecule has 1 heterocycles. The van der Waals surface area contributed by atoms with Gasteiger partial charge in [-0.2, -0.15) is 0 Å². The summed E-state index contributed by atoms with van der Waals surface area (Å²) in [6.45, 7) is 7.19. The van der Waals surface area contributed by atoms with Crippen LogP contribution in [-0.4, -0.2) is 24.0 Å². The summed E-state index contributed by atoms with van der Waals surface area (Å²) in [5.74, 6) is 0.899. The van der Waals surface area contributed by atoms with Crippen molar-refractivity contribution in [3.8, 4) is 0 Å². The molecule has 2 aromatic carbocycles. The molecule has 1 heteroatoms. The molecule has 4 rings (SSSR count). The Morgan fingerprint density at radius 3 is 2.63 bits per heavy atom. The van der Waals surface area contributed by atoms with Crippen molar-refractivity contribution in [3.05, 3.63) is 48.0 Å². The van der Waals surface area contributed by atoms with Crippen molar-refractivity contribution in [2.24, 2.45) is 5.92 Å². The van der Waals surface area contributed by atoms with Crippen LogP contribution in [-0.2, 0) is 5.41 Å². The third-order valence-electron chi connectivity index (χ3n) is 5.23. The fourth-order valence-corrected chi connectivity index (χ4v) is 3.86. The average molecular weight is 251 g/mol. The zero-order valence-electron chi connectivity index (χ0n) is 11.8. The van der Waals surface area contributed by atoms with Crippen molar-refractivity contribution in [3.63, 3.8) is 0 Å². The molecule has 1 unspecified atom stereocenters. The van der Waals surface area contributed by atoms with Gasteiger partial charge in [-0.3, -0.25) is 4.90 Å². The zero-order valence-corrected chi connectivity index (χ0v) is 11.8. The third-order valence-corrected chi connectivity index (χ3v) is 5.23. The summed E-state index contributed by atoms with van der Waals surface area (Å²) in [4.78, 5) is 2.64. The second-order valence-electron chi connectivity index (χ2n) is 6.64. The Bertz CT molecular complexity index is 630. The first kappa shape index (κ1) is 11.5. The molecule has 19 heavy (non-hydrogen) atoms. The van der Waals surface area contributed by atoms with E-state index >= 15 is 0 Å². The highest BCUT2D eigenvalue weighted by Crippen LogP contribution is 2.59. The van der Waals surface area contributed by atoms with Crippen LogP contribution in [0.15, 0.2) is 42.5 Å². The van der Waals surface area contributed by atoms with Crippen molar-refractivity contribution < 1.29 is 0 Å². The van der Waals surface area contributed by atoms with Gasteiger partial charge in [-0.15, -0.1) is 0 Å². The highest BCUT2D eigenvalue weighted by molar-refractivity contribution is 5.83. The van der Waals surface area contributed by atoms with Crippen molar-refractivity contribution >= 4 is 10.8 Å². The molecule has 0 aromatic heterocycles. The first-order valence-electron chi connectivity index (χ1n) is 7.42. The topological polar surface area (TPSA) is 3.24 Å². The van der Waals surface area contributed by atoms with Gasteiger partial charge in [0.1, 0.15) is 0 Å². The molecule has 2 fully saturated rings. The number of piperidine rings is 1. The predicted octanol–water partition coefficient (Wildman–Crippen LogP) is 3.82. The Labute approximate surface area is 115 Å². The molecule has 0 N–H and O–H groups in total. The van der Waals surface area contributed by atoms with Crippen LogP contribution in [0.2, 0.25) is 0 Å². The molecule has 2 aromatic rings. The lowest BCUT2D eigenvalue weighted by Gasteiger charge is -2.24. The molecule has 0 spiro atoms. The molecule has 2 aliphatic rings. The first-order chi connectivity index (χ1) is 9.19. The van der Waals surface area contributed by atoms with Crippen LogP contribution in [0.3, 0.4) is 0 Å². The minimum Gasteiger partial charge on any atom is -0.300 e. The summed E-state index contributed by atoms with van der Waals surface area (Å²) >= 11 is 0. The van der Waals surface area contributed by atoms with Crippen LogP contribution in [0.5, 0.6) is 0 Å². The fraction of sp³-hybridized carbons (Fsp3) is 0.444. The van der Waals surface area contributed by atoms with Crippen molar-refractivity contribution in [1.82, 2.24) is 4.90 Å². The van der Waals surface area contributed by atoms with Crippen molar-refractivity contribution in [2.75, 3.05) is 13.1 Å². The summed E-state index contributed by atoms with van der Waals surface area (Å²) in [5.41, 5.74) is 2.05. The van der Waals surface area contributed by atoms with Crippen LogP contribution < -0.4 is 0 Å². The third kappa shape index (κ3) is 1.64. The fourth-order valence-electron chi connectivity index (χ4n) is 3.86. The minimum atomic E-state index is 0.480. The number of fused-ring (bicyclic) bond motifs is 2. The van der Waals surface area contributed by atoms with E-state index in [2.05, 4.69) is 61.2 Å². The van der Waals surface area contributed by atoms with Gasteiger partial charge in [-0.05, 0) is 42.5 Å². The lowest BCUT2D eigenvalue weighted by atomic mass is 9.92. The minimum absolute atomic E-state index is 0.480. The number of likely N-dealkylation sites (tertiary alicyclic amines) is 1. The smallest absolute Gasteiger partial charge is 0.0125 e. The van der Waals surface area contributed by atoms with Gasteiger partial charge in [-0.25, -0.2) is 0 Å². The van der Waals surface area contributed by atoms with Crippen LogP contribution in [0.1, 0.15) is 25.8 Å². The molecule has 1 saturated carbocycles. The maximum Gasteiger partial charge on any atom is 0.0125 e. The second kappa shape index (κ2) is 3.83. The van der Waals surface area contributed by atoms with Gasteiger partial charge in [0.2, 0.25) is 0 Å². The second-order valence-corrected chi connectivity index (χ2v) is 6.64. The van der Waals surface area contributed by atoms with Crippen molar-refractivity contribution in [2.45, 2.75) is 31.7 Å². The maximum atomic E-state index is 2.64. The van der Waals surface area contributed by atoms with E-state index in [4.69, 9.17) is 0 Å². The molecular formula is C18H21N. The van der Waals surface area contributed by atoms with Gasteiger partial charge in [0, 0.05) is 24.5 Å². The number of hydrogen-bond acceptors (Lipinski definition) is 1. The monoisotopic (exact) mass is 251 g/mol. The maximum absolute atomic E-state index is 2.64. The average Bonchev–Trinajstić information content (AvgIpc) is 3.00. The van der Waals surface area contributed by atoms with Gasteiger partial charge >= 0.3 is 0 Å². The van der Waals surface area contributed by atoms with Crippen LogP contribution in [0.4, 0.5) is 0 Å². The molecule has 2 atom stereocenters. The van der Waals surface area contributed by atoms with E-state index in [-0.39, 0.29) is 0 Å². The Hall–Kier alpha value is -1.34. The molecule has 0 bridgehead atoms. The van der Waals surface area contributed by atoms with Gasteiger partial charge in [0.15, 0.2) is 0 Å². The quantitative estimate of drug-likeness (QED) is 0.784. The van der Waals surface area contributed by atoms with E-state index in [1.54, 1.807) is 5.56 Å². The molecule has 98 valence electrons. The molecule has 0 amide bonds. The van der Waals surface area contributed by atoms with E-state index in [9.17, 15) is 0 Å². The van der Waals surface area contributed by atoms with E-state index in [1.807, 2.05) is 0 Å². The summed E-state index contributed by atoms with van der Waals surface area (Å²) in [7, 11) is 0. The summed E-state index contributed by atoms with van der Waals surface area (Å²) in [6, 6.07) is 16.5.